The van der Waals surface area contributed by atoms with Gasteiger partial charge in [-0.15, -0.1) is 0 Å². The minimum absolute atomic E-state index is 0.228. The Hall–Kier alpha value is -0.160. The zero-order chi connectivity index (χ0) is 9.45. The van der Waals surface area contributed by atoms with Gasteiger partial charge in [-0.3, -0.25) is 0 Å². The molecular formula is C8H19NO3. The molecule has 0 rings (SSSR count). The van der Waals surface area contributed by atoms with E-state index in [2.05, 4.69) is 5.32 Å². The summed E-state index contributed by atoms with van der Waals surface area (Å²) in [5.41, 5.74) is -1.02. The maximum atomic E-state index is 9.33. The minimum Gasteiger partial charge on any atom is -0.393 e. The van der Waals surface area contributed by atoms with Crippen molar-refractivity contribution in [2.45, 2.75) is 19.4 Å². The number of aliphatic hydroxyl groups is 2. The molecule has 0 amide bonds. The van der Waals surface area contributed by atoms with Gasteiger partial charge in [0, 0.05) is 19.7 Å². The van der Waals surface area contributed by atoms with Crippen molar-refractivity contribution >= 4 is 0 Å². The van der Waals surface area contributed by atoms with Gasteiger partial charge < -0.3 is 20.3 Å². The van der Waals surface area contributed by atoms with E-state index in [4.69, 9.17) is 9.84 Å². The molecule has 0 saturated heterocycles. The van der Waals surface area contributed by atoms with Gasteiger partial charge in [0.1, 0.15) is 0 Å². The molecule has 12 heavy (non-hydrogen) atoms. The van der Waals surface area contributed by atoms with Gasteiger partial charge in [0.25, 0.3) is 0 Å². The third kappa shape index (κ3) is 6.54. The van der Waals surface area contributed by atoms with Gasteiger partial charge in [-0.1, -0.05) is 0 Å². The highest BCUT2D eigenvalue weighted by atomic mass is 16.5. The van der Waals surface area contributed by atoms with Crippen LogP contribution in [0.2, 0.25) is 0 Å². The van der Waals surface area contributed by atoms with E-state index in [1.807, 2.05) is 6.92 Å². The zero-order valence-corrected chi connectivity index (χ0v) is 7.84. The summed E-state index contributed by atoms with van der Waals surface area (Å²) in [5.74, 6) is 0. The lowest BCUT2D eigenvalue weighted by Crippen LogP contribution is -2.41. The van der Waals surface area contributed by atoms with Crippen molar-refractivity contribution in [2.75, 3.05) is 32.9 Å². The zero-order valence-electron chi connectivity index (χ0n) is 7.84. The van der Waals surface area contributed by atoms with E-state index in [1.165, 1.54) is 0 Å². The van der Waals surface area contributed by atoms with Crippen LogP contribution in [0, 0.1) is 0 Å². The lowest BCUT2D eigenvalue weighted by atomic mass is 10.1. The van der Waals surface area contributed by atoms with Crippen molar-refractivity contribution in [1.82, 2.24) is 5.32 Å². The minimum atomic E-state index is -1.02. The van der Waals surface area contributed by atoms with E-state index < -0.39 is 5.60 Å². The Morgan fingerprint density at radius 2 is 2.17 bits per heavy atom. The summed E-state index contributed by atoms with van der Waals surface area (Å²) in [7, 11) is 0. The fourth-order valence-corrected chi connectivity index (χ4v) is 0.702. The van der Waals surface area contributed by atoms with Gasteiger partial charge in [-0.2, -0.15) is 0 Å². The predicted octanol–water partition coefficient (Wildman–Crippen LogP) is -0.644. The third-order valence-corrected chi connectivity index (χ3v) is 1.47. The molecule has 0 aromatic carbocycles. The fraction of sp³-hybridized carbons (Fsp3) is 1.00. The Labute approximate surface area is 73.5 Å². The van der Waals surface area contributed by atoms with Gasteiger partial charge in [0.2, 0.25) is 0 Å². The van der Waals surface area contributed by atoms with Crippen LogP contribution in [0.3, 0.4) is 0 Å². The first-order chi connectivity index (χ1) is 5.62. The van der Waals surface area contributed by atoms with Crippen LogP contribution in [0.5, 0.6) is 0 Å². The Bertz CT molecular complexity index is 106. The van der Waals surface area contributed by atoms with Crippen molar-refractivity contribution in [3.05, 3.63) is 0 Å². The molecule has 3 N–H and O–H groups in total. The predicted molar refractivity (Wildman–Crippen MR) is 47.1 cm³/mol. The van der Waals surface area contributed by atoms with E-state index >= 15 is 0 Å². The lowest BCUT2D eigenvalue weighted by molar-refractivity contribution is 0.00157. The van der Waals surface area contributed by atoms with Crippen molar-refractivity contribution in [3.63, 3.8) is 0 Å². The van der Waals surface area contributed by atoms with E-state index in [0.29, 0.717) is 26.3 Å². The number of ether oxygens (including phenoxy) is 1. The van der Waals surface area contributed by atoms with Crippen molar-refractivity contribution in [2.24, 2.45) is 0 Å². The van der Waals surface area contributed by atoms with Gasteiger partial charge in [0.05, 0.1) is 18.8 Å². The number of hydrogen-bond acceptors (Lipinski definition) is 4. The second-order valence-electron chi connectivity index (χ2n) is 3.03. The highest BCUT2D eigenvalue weighted by Gasteiger charge is 2.17. The molecule has 0 bridgehead atoms. The second-order valence-corrected chi connectivity index (χ2v) is 3.03. The van der Waals surface area contributed by atoms with Crippen molar-refractivity contribution in [1.29, 1.82) is 0 Å². The molecule has 0 fully saturated rings. The van der Waals surface area contributed by atoms with E-state index in [0.717, 1.165) is 0 Å². The quantitative estimate of drug-likeness (QED) is 0.452. The summed E-state index contributed by atoms with van der Waals surface area (Å²) < 4.78 is 5.08. The Balaban J connectivity index is 3.19. The first-order valence-electron chi connectivity index (χ1n) is 4.24. The second kappa shape index (κ2) is 6.37. The first kappa shape index (κ1) is 11.8. The number of nitrogens with one attached hydrogen (secondary N) is 1. The Kier molecular flexibility index (Phi) is 6.28. The Morgan fingerprint density at radius 3 is 2.67 bits per heavy atom. The van der Waals surface area contributed by atoms with E-state index in [-0.39, 0.29) is 6.61 Å². The summed E-state index contributed by atoms with van der Waals surface area (Å²) in [4.78, 5) is 0. The van der Waals surface area contributed by atoms with Crippen molar-refractivity contribution in [3.8, 4) is 0 Å². The third-order valence-electron chi connectivity index (χ3n) is 1.47. The highest BCUT2D eigenvalue weighted by Crippen LogP contribution is 1.97. The van der Waals surface area contributed by atoms with E-state index in [9.17, 15) is 5.11 Å². The van der Waals surface area contributed by atoms with Gasteiger partial charge in [-0.05, 0) is 13.8 Å². The summed E-state index contributed by atoms with van der Waals surface area (Å²) in [6, 6.07) is 0. The lowest BCUT2D eigenvalue weighted by Gasteiger charge is -2.20. The van der Waals surface area contributed by atoms with Gasteiger partial charge >= 0.3 is 0 Å². The molecule has 0 aromatic rings. The molecule has 0 heterocycles. The highest BCUT2D eigenvalue weighted by molar-refractivity contribution is 4.73. The average Bonchev–Trinajstić information content (AvgIpc) is 2.04. The van der Waals surface area contributed by atoms with Crippen LogP contribution in [0.1, 0.15) is 13.8 Å². The molecule has 4 heteroatoms. The molecule has 0 aromatic heterocycles. The molecule has 74 valence electrons. The maximum absolute atomic E-state index is 9.33. The van der Waals surface area contributed by atoms with Gasteiger partial charge in [0.15, 0.2) is 0 Å². The average molecular weight is 177 g/mol. The van der Waals surface area contributed by atoms with Gasteiger partial charge in [-0.25, -0.2) is 0 Å². The van der Waals surface area contributed by atoms with Crippen LogP contribution in [0.4, 0.5) is 0 Å². The largest absolute Gasteiger partial charge is 0.393 e. The standard InChI is InChI=1S/C8H19NO3/c1-3-12-5-4-9-6-8(2,11)7-10/h9-11H,3-7H2,1-2H3. The molecule has 0 aliphatic rings. The molecule has 4 nitrogen and oxygen atoms in total. The number of hydrogen-bond donors (Lipinski definition) is 3. The first-order valence-corrected chi connectivity index (χ1v) is 4.24. The van der Waals surface area contributed by atoms with Crippen LogP contribution in [0.25, 0.3) is 0 Å². The summed E-state index contributed by atoms with van der Waals surface area (Å²) in [6.45, 7) is 5.72. The molecule has 0 radical (unpaired) electrons. The molecule has 1 unspecified atom stereocenters. The fourth-order valence-electron chi connectivity index (χ4n) is 0.702. The van der Waals surface area contributed by atoms with Crippen LogP contribution < -0.4 is 5.32 Å². The molecule has 0 spiro atoms. The van der Waals surface area contributed by atoms with Crippen LogP contribution in [0.15, 0.2) is 0 Å². The number of aliphatic hydroxyl groups excluding tert-OH is 1. The molecule has 0 aliphatic heterocycles. The topological polar surface area (TPSA) is 61.7 Å². The summed E-state index contributed by atoms with van der Waals surface area (Å²) >= 11 is 0. The van der Waals surface area contributed by atoms with Crippen LogP contribution >= 0.6 is 0 Å². The molecular weight excluding hydrogens is 158 g/mol. The molecule has 1 atom stereocenters. The van der Waals surface area contributed by atoms with Crippen LogP contribution in [-0.4, -0.2) is 48.7 Å². The maximum Gasteiger partial charge on any atom is 0.0972 e. The normalized spacial score (nSPS) is 16.0. The van der Waals surface area contributed by atoms with E-state index in [1.54, 1.807) is 6.92 Å². The molecule has 0 aliphatic carbocycles. The summed E-state index contributed by atoms with van der Waals surface area (Å²) in [5, 5.41) is 21.0. The SMILES string of the molecule is CCOCCNCC(C)(O)CO. The monoisotopic (exact) mass is 177 g/mol. The number of rotatable bonds is 7. The van der Waals surface area contributed by atoms with Crippen LogP contribution in [-0.2, 0) is 4.74 Å². The van der Waals surface area contributed by atoms with Crippen molar-refractivity contribution < 1.29 is 14.9 Å². The molecule has 0 saturated carbocycles. The Morgan fingerprint density at radius 1 is 1.50 bits per heavy atom. The summed E-state index contributed by atoms with van der Waals surface area (Å²) in [6.07, 6.45) is 0. The smallest absolute Gasteiger partial charge is 0.0972 e.